The third-order valence-electron chi connectivity index (χ3n) is 2.89. The Morgan fingerprint density at radius 3 is 2.44 bits per heavy atom. The van der Waals surface area contributed by atoms with E-state index in [0.29, 0.717) is 12.5 Å². The number of aryl methyl sites for hydroxylation is 1. The van der Waals surface area contributed by atoms with Crippen LogP contribution in [0.15, 0.2) is 12.1 Å². The Balaban J connectivity index is 3.25. The molecule has 2 nitrogen and oxygen atoms in total. The van der Waals surface area contributed by atoms with Crippen LogP contribution in [0.4, 0.5) is 0 Å². The summed E-state index contributed by atoms with van der Waals surface area (Å²) >= 11 is 0. The van der Waals surface area contributed by atoms with E-state index in [4.69, 9.17) is 10.5 Å². The van der Waals surface area contributed by atoms with Crippen molar-refractivity contribution in [2.24, 2.45) is 5.73 Å². The van der Waals surface area contributed by atoms with Crippen molar-refractivity contribution >= 4 is 0 Å². The van der Waals surface area contributed by atoms with Crippen molar-refractivity contribution in [1.82, 2.24) is 0 Å². The van der Waals surface area contributed by atoms with Gasteiger partial charge < -0.3 is 10.5 Å². The quantitative estimate of drug-likeness (QED) is 0.829. The fraction of sp³-hybridized carbons (Fsp3) is 0.571. The smallest absolute Gasteiger partial charge is 0.125 e. The van der Waals surface area contributed by atoms with E-state index in [0.717, 1.165) is 18.6 Å². The van der Waals surface area contributed by atoms with Crippen LogP contribution >= 0.6 is 0 Å². The lowest BCUT2D eigenvalue weighted by Crippen LogP contribution is -2.06. The summed E-state index contributed by atoms with van der Waals surface area (Å²) < 4.78 is 5.53. The van der Waals surface area contributed by atoms with Gasteiger partial charge in [0, 0.05) is 0 Å². The van der Waals surface area contributed by atoms with Gasteiger partial charge in [0.15, 0.2) is 0 Å². The Morgan fingerprint density at radius 2 is 2.00 bits per heavy atom. The maximum absolute atomic E-state index is 5.62. The standard InChI is InChI=1S/C14H23NO/c1-5-12-8-11(6-7-15)9-13(10(2)3)14(12)16-4/h8-10H,5-7,15H2,1-4H3. The molecular formula is C14H23NO. The van der Waals surface area contributed by atoms with Gasteiger partial charge in [0.2, 0.25) is 0 Å². The molecule has 0 heterocycles. The Hall–Kier alpha value is -1.02. The van der Waals surface area contributed by atoms with Crippen molar-refractivity contribution in [2.45, 2.75) is 39.5 Å². The second-order valence-corrected chi connectivity index (χ2v) is 4.42. The minimum atomic E-state index is 0.484. The summed E-state index contributed by atoms with van der Waals surface area (Å²) in [6, 6.07) is 4.45. The Labute approximate surface area is 98.8 Å². The van der Waals surface area contributed by atoms with E-state index in [1.807, 2.05) is 0 Å². The summed E-state index contributed by atoms with van der Waals surface area (Å²) in [4.78, 5) is 0. The molecule has 0 amide bonds. The molecule has 0 saturated carbocycles. The van der Waals surface area contributed by atoms with Gasteiger partial charge in [0.1, 0.15) is 5.75 Å². The molecule has 0 fully saturated rings. The molecular weight excluding hydrogens is 198 g/mol. The van der Waals surface area contributed by atoms with Crippen LogP contribution in [-0.4, -0.2) is 13.7 Å². The van der Waals surface area contributed by atoms with Gasteiger partial charge in [-0.05, 0) is 42.0 Å². The van der Waals surface area contributed by atoms with Gasteiger partial charge in [-0.25, -0.2) is 0 Å². The molecule has 0 unspecified atom stereocenters. The number of hydrogen-bond donors (Lipinski definition) is 1. The molecule has 0 spiro atoms. The number of rotatable bonds is 5. The second-order valence-electron chi connectivity index (χ2n) is 4.42. The normalized spacial score (nSPS) is 10.9. The molecule has 0 atom stereocenters. The van der Waals surface area contributed by atoms with E-state index < -0.39 is 0 Å². The highest BCUT2D eigenvalue weighted by atomic mass is 16.5. The zero-order valence-corrected chi connectivity index (χ0v) is 10.8. The van der Waals surface area contributed by atoms with Crippen LogP contribution in [0.1, 0.15) is 43.4 Å². The number of ether oxygens (including phenoxy) is 1. The van der Waals surface area contributed by atoms with Crippen molar-refractivity contribution < 1.29 is 4.74 Å². The third-order valence-corrected chi connectivity index (χ3v) is 2.89. The van der Waals surface area contributed by atoms with Gasteiger partial charge in [-0.15, -0.1) is 0 Å². The molecule has 0 saturated heterocycles. The van der Waals surface area contributed by atoms with Crippen LogP contribution in [-0.2, 0) is 12.8 Å². The molecule has 0 aliphatic rings. The maximum Gasteiger partial charge on any atom is 0.125 e. The summed E-state index contributed by atoms with van der Waals surface area (Å²) in [6.07, 6.45) is 1.94. The zero-order valence-electron chi connectivity index (χ0n) is 10.8. The lowest BCUT2D eigenvalue weighted by atomic mass is 9.94. The molecule has 1 rings (SSSR count). The SMILES string of the molecule is CCc1cc(CCN)cc(C(C)C)c1OC. The number of methoxy groups -OCH3 is 1. The zero-order chi connectivity index (χ0) is 12.1. The van der Waals surface area contributed by atoms with Crippen LogP contribution in [0.5, 0.6) is 5.75 Å². The Morgan fingerprint density at radius 1 is 1.31 bits per heavy atom. The summed E-state index contributed by atoms with van der Waals surface area (Å²) in [5, 5.41) is 0. The summed E-state index contributed by atoms with van der Waals surface area (Å²) in [5.41, 5.74) is 9.53. The average Bonchev–Trinajstić information content (AvgIpc) is 2.28. The average molecular weight is 221 g/mol. The minimum Gasteiger partial charge on any atom is -0.496 e. The summed E-state index contributed by atoms with van der Waals surface area (Å²) in [7, 11) is 1.75. The van der Waals surface area contributed by atoms with Gasteiger partial charge in [-0.1, -0.05) is 32.9 Å². The fourth-order valence-electron chi connectivity index (χ4n) is 2.03. The van der Waals surface area contributed by atoms with Gasteiger partial charge in [-0.3, -0.25) is 0 Å². The van der Waals surface area contributed by atoms with E-state index in [1.165, 1.54) is 16.7 Å². The highest BCUT2D eigenvalue weighted by Gasteiger charge is 2.12. The second kappa shape index (κ2) is 5.90. The summed E-state index contributed by atoms with van der Waals surface area (Å²) in [5.74, 6) is 1.54. The molecule has 0 radical (unpaired) electrons. The highest BCUT2D eigenvalue weighted by Crippen LogP contribution is 2.32. The molecule has 1 aromatic carbocycles. The third kappa shape index (κ3) is 2.76. The predicted octanol–water partition coefficient (Wildman–Crippen LogP) is 2.88. The molecule has 0 bridgehead atoms. The van der Waals surface area contributed by atoms with Gasteiger partial charge in [0.25, 0.3) is 0 Å². The largest absolute Gasteiger partial charge is 0.496 e. The first-order valence-corrected chi connectivity index (χ1v) is 6.03. The topological polar surface area (TPSA) is 35.2 Å². The van der Waals surface area contributed by atoms with Crippen LogP contribution in [0.25, 0.3) is 0 Å². The van der Waals surface area contributed by atoms with Crippen molar-refractivity contribution in [3.63, 3.8) is 0 Å². The van der Waals surface area contributed by atoms with Gasteiger partial charge >= 0.3 is 0 Å². The number of hydrogen-bond acceptors (Lipinski definition) is 2. The fourth-order valence-corrected chi connectivity index (χ4v) is 2.03. The van der Waals surface area contributed by atoms with E-state index in [9.17, 15) is 0 Å². The first-order valence-electron chi connectivity index (χ1n) is 6.03. The van der Waals surface area contributed by atoms with Crippen molar-refractivity contribution in [1.29, 1.82) is 0 Å². The molecule has 16 heavy (non-hydrogen) atoms. The molecule has 1 aromatic rings. The molecule has 0 aromatic heterocycles. The lowest BCUT2D eigenvalue weighted by molar-refractivity contribution is 0.402. The molecule has 2 heteroatoms. The molecule has 2 N–H and O–H groups in total. The highest BCUT2D eigenvalue weighted by molar-refractivity contribution is 5.46. The van der Waals surface area contributed by atoms with Crippen molar-refractivity contribution in [3.05, 3.63) is 28.8 Å². The monoisotopic (exact) mass is 221 g/mol. The Kier molecular flexibility index (Phi) is 4.81. The molecule has 0 aliphatic heterocycles. The van der Waals surface area contributed by atoms with E-state index in [1.54, 1.807) is 7.11 Å². The van der Waals surface area contributed by atoms with E-state index >= 15 is 0 Å². The lowest BCUT2D eigenvalue weighted by Gasteiger charge is -2.17. The van der Waals surface area contributed by atoms with Gasteiger partial charge in [-0.2, -0.15) is 0 Å². The first kappa shape index (κ1) is 13.0. The van der Waals surface area contributed by atoms with Crippen molar-refractivity contribution in [3.8, 4) is 5.75 Å². The summed E-state index contributed by atoms with van der Waals surface area (Å²) in [6.45, 7) is 7.26. The van der Waals surface area contributed by atoms with Crippen LogP contribution in [0, 0.1) is 0 Å². The maximum atomic E-state index is 5.62. The van der Waals surface area contributed by atoms with Crippen LogP contribution < -0.4 is 10.5 Å². The van der Waals surface area contributed by atoms with Crippen LogP contribution in [0.3, 0.4) is 0 Å². The van der Waals surface area contributed by atoms with Crippen LogP contribution in [0.2, 0.25) is 0 Å². The predicted molar refractivity (Wildman–Crippen MR) is 69.2 cm³/mol. The Bertz CT molecular complexity index is 345. The minimum absolute atomic E-state index is 0.484. The van der Waals surface area contributed by atoms with E-state index in [-0.39, 0.29) is 0 Å². The van der Waals surface area contributed by atoms with Gasteiger partial charge in [0.05, 0.1) is 7.11 Å². The number of benzene rings is 1. The van der Waals surface area contributed by atoms with Crippen molar-refractivity contribution in [2.75, 3.05) is 13.7 Å². The molecule has 90 valence electrons. The first-order chi connectivity index (χ1) is 7.63. The van der Waals surface area contributed by atoms with E-state index in [2.05, 4.69) is 32.9 Å². The number of nitrogens with two attached hydrogens (primary N) is 1. The molecule has 0 aliphatic carbocycles.